The highest BCUT2D eigenvalue weighted by Gasteiger charge is 2.51. The van der Waals surface area contributed by atoms with Gasteiger partial charge in [-0.25, -0.2) is 0 Å². The van der Waals surface area contributed by atoms with E-state index in [-0.39, 0.29) is 18.9 Å². The zero-order valence-electron chi connectivity index (χ0n) is 67.4. The second kappa shape index (κ2) is 73.3. The van der Waals surface area contributed by atoms with Crippen LogP contribution in [-0.4, -0.2) is 140 Å². The molecular weight excluding hydrogens is 1290 g/mol. The third-order valence-corrected chi connectivity index (χ3v) is 22.4. The van der Waals surface area contributed by atoms with E-state index in [4.69, 9.17) is 18.9 Å². The molecule has 0 radical (unpaired) electrons. The van der Waals surface area contributed by atoms with Gasteiger partial charge in [0.15, 0.2) is 12.6 Å². The Morgan fingerprint density at radius 1 is 0.340 bits per heavy atom. The van der Waals surface area contributed by atoms with Gasteiger partial charge in [0.25, 0.3) is 0 Å². The topological polar surface area (TPSA) is 228 Å². The molecule has 1 amide bonds. The van der Waals surface area contributed by atoms with Crippen molar-refractivity contribution >= 4 is 5.91 Å². The van der Waals surface area contributed by atoms with Gasteiger partial charge >= 0.3 is 0 Å². The molecule has 2 aliphatic rings. The van der Waals surface area contributed by atoms with E-state index in [1.54, 1.807) is 6.08 Å². The molecule has 12 unspecified atom stereocenters. The third kappa shape index (κ3) is 55.5. The molecule has 0 aromatic rings. The molecule has 2 fully saturated rings. The minimum absolute atomic E-state index is 0.238. The van der Waals surface area contributed by atoms with E-state index < -0.39 is 86.8 Å². The van der Waals surface area contributed by atoms with Gasteiger partial charge in [0.05, 0.1) is 32.0 Å². The predicted octanol–water partition coefficient (Wildman–Crippen LogP) is 21.8. The molecule has 12 atom stereocenters. The maximum Gasteiger partial charge on any atom is 0.220 e. The normalized spacial score (nSPS) is 21.6. The number of allylic oxidation sites excluding steroid dienone is 3. The fourth-order valence-electron chi connectivity index (χ4n) is 15.3. The van der Waals surface area contributed by atoms with Crippen molar-refractivity contribution in [2.45, 2.75) is 518 Å². The smallest absolute Gasteiger partial charge is 0.220 e. The lowest BCUT2D eigenvalue weighted by molar-refractivity contribution is -0.359. The van der Waals surface area contributed by atoms with Crippen molar-refractivity contribution in [2.75, 3.05) is 19.8 Å². The summed E-state index contributed by atoms with van der Waals surface area (Å²) in [5.41, 5.74) is 0. The number of unbranched alkanes of at least 4 members (excludes halogenated alkanes) is 63. The second-order valence-electron chi connectivity index (χ2n) is 32.1. The summed E-state index contributed by atoms with van der Waals surface area (Å²) in [7, 11) is 0. The zero-order chi connectivity index (χ0) is 74.4. The first-order valence-corrected chi connectivity index (χ1v) is 45.1. The van der Waals surface area contributed by atoms with Crippen LogP contribution in [0.4, 0.5) is 0 Å². The molecule has 0 aromatic carbocycles. The van der Waals surface area contributed by atoms with E-state index in [9.17, 15) is 45.6 Å². The SMILES string of the molecule is CCCCCCCCCCCCCCCCCCCCCCCCCCCC/C=C/CC/C=C/C(O)C(COC1OC(CO)C(OC2OC(CO)C(O)C(O)C2O)C(O)C1O)NC(=O)CCCCCCCCCCCCCCCCCCCCCCCCCCCCCCCCCCCCCCC. The molecule has 14 nitrogen and oxygen atoms in total. The number of nitrogens with one attached hydrogen (secondary N) is 1. The molecule has 2 saturated heterocycles. The summed E-state index contributed by atoms with van der Waals surface area (Å²) in [5, 5.41) is 87.8. The van der Waals surface area contributed by atoms with Gasteiger partial charge in [-0.3, -0.25) is 4.79 Å². The van der Waals surface area contributed by atoms with Gasteiger partial charge in [-0.05, 0) is 32.1 Å². The Hall–Kier alpha value is -1.53. The number of aliphatic hydroxyl groups is 8. The predicted molar refractivity (Wildman–Crippen MR) is 429 cm³/mol. The Labute approximate surface area is 634 Å². The van der Waals surface area contributed by atoms with Crippen molar-refractivity contribution < 1.29 is 64.6 Å². The fraction of sp³-hybridized carbons (Fsp3) is 0.944. The van der Waals surface area contributed by atoms with E-state index in [2.05, 4.69) is 31.3 Å². The number of hydrogen-bond acceptors (Lipinski definition) is 13. The lowest BCUT2D eigenvalue weighted by Crippen LogP contribution is -2.65. The number of carbonyl (C=O) groups is 1. The van der Waals surface area contributed by atoms with Gasteiger partial charge < -0.3 is 65.1 Å². The lowest BCUT2D eigenvalue weighted by atomic mass is 9.97. The number of carbonyl (C=O) groups excluding carboxylic acids is 1. The van der Waals surface area contributed by atoms with Crippen LogP contribution in [0.2, 0.25) is 0 Å². The van der Waals surface area contributed by atoms with Crippen molar-refractivity contribution in [3.63, 3.8) is 0 Å². The van der Waals surface area contributed by atoms with E-state index >= 15 is 0 Å². The molecule has 610 valence electrons. The average molecular weight is 1460 g/mol. The van der Waals surface area contributed by atoms with Crippen LogP contribution >= 0.6 is 0 Å². The molecule has 0 aliphatic carbocycles. The maximum atomic E-state index is 13.4. The monoisotopic (exact) mass is 1460 g/mol. The highest BCUT2D eigenvalue weighted by molar-refractivity contribution is 5.76. The number of rotatable bonds is 78. The fourth-order valence-corrected chi connectivity index (χ4v) is 15.3. The van der Waals surface area contributed by atoms with Crippen LogP contribution in [0.5, 0.6) is 0 Å². The summed E-state index contributed by atoms with van der Waals surface area (Å²) < 4.78 is 22.9. The summed E-state index contributed by atoms with van der Waals surface area (Å²) in [4.78, 5) is 13.4. The first-order chi connectivity index (χ1) is 50.6. The van der Waals surface area contributed by atoms with Crippen LogP contribution in [0.3, 0.4) is 0 Å². The summed E-state index contributed by atoms with van der Waals surface area (Å²) in [6.45, 7) is 2.87. The van der Waals surface area contributed by atoms with Crippen molar-refractivity contribution in [1.29, 1.82) is 0 Å². The summed E-state index contributed by atoms with van der Waals surface area (Å²) >= 11 is 0. The van der Waals surface area contributed by atoms with Crippen molar-refractivity contribution in [3.05, 3.63) is 24.3 Å². The van der Waals surface area contributed by atoms with Crippen LogP contribution in [0.1, 0.15) is 444 Å². The second-order valence-corrected chi connectivity index (χ2v) is 32.1. The van der Waals surface area contributed by atoms with Gasteiger partial charge in [0.2, 0.25) is 5.91 Å². The van der Waals surface area contributed by atoms with Crippen LogP contribution < -0.4 is 5.32 Å². The summed E-state index contributed by atoms with van der Waals surface area (Å²) in [5.74, 6) is -0.238. The number of aliphatic hydroxyl groups excluding tert-OH is 8. The quantitative estimate of drug-likeness (QED) is 0.0204. The third-order valence-electron chi connectivity index (χ3n) is 22.4. The minimum atomic E-state index is -1.79. The Kier molecular flexibility index (Phi) is 69.4. The molecule has 14 heteroatoms. The number of amides is 1. The molecule has 9 N–H and O–H groups in total. The van der Waals surface area contributed by atoms with E-state index in [1.807, 2.05) is 6.08 Å². The van der Waals surface area contributed by atoms with Crippen molar-refractivity contribution in [2.24, 2.45) is 0 Å². The van der Waals surface area contributed by atoms with Gasteiger partial charge in [-0.1, -0.05) is 430 Å². The Morgan fingerprint density at radius 2 is 0.621 bits per heavy atom. The number of ether oxygens (including phenoxy) is 4. The van der Waals surface area contributed by atoms with Crippen LogP contribution in [0.25, 0.3) is 0 Å². The molecule has 2 aliphatic heterocycles. The first-order valence-electron chi connectivity index (χ1n) is 45.1. The van der Waals surface area contributed by atoms with Crippen LogP contribution in [0.15, 0.2) is 24.3 Å². The minimum Gasteiger partial charge on any atom is -0.394 e. The molecule has 2 heterocycles. The zero-order valence-corrected chi connectivity index (χ0v) is 67.4. The molecule has 0 spiro atoms. The van der Waals surface area contributed by atoms with Gasteiger partial charge in [0, 0.05) is 6.42 Å². The average Bonchev–Trinajstić information content (AvgIpc) is 0.791. The first kappa shape index (κ1) is 97.5. The molecular formula is C89H171NO13. The molecule has 0 bridgehead atoms. The standard InChI is InChI=1S/C89H171NO13/c1-3-5-7-9-11-13-15-17-19-21-23-25-27-29-31-33-35-37-38-39-40-41-43-45-47-49-51-53-55-57-59-61-63-65-67-69-71-73-81(94)90-77(76-100-88-86(99)84(97)87(80(75-92)102-88)103-89-85(98)83(96)82(95)79(74-91)101-89)78(93)72-70-68-66-64-62-60-58-56-54-52-50-48-46-44-42-36-34-32-30-28-26-24-22-20-18-16-14-12-10-8-6-4-2/h62,64,70,72,77-80,82-89,91-93,95-99H,3-61,63,65-69,71,73-76H2,1-2H3,(H,90,94)/b64-62+,72-70+. The highest BCUT2D eigenvalue weighted by Crippen LogP contribution is 2.31. The van der Waals surface area contributed by atoms with Crippen LogP contribution in [-0.2, 0) is 23.7 Å². The van der Waals surface area contributed by atoms with E-state index in [0.29, 0.717) is 12.8 Å². The van der Waals surface area contributed by atoms with Gasteiger partial charge in [-0.15, -0.1) is 0 Å². The number of hydrogen-bond donors (Lipinski definition) is 9. The van der Waals surface area contributed by atoms with E-state index in [1.165, 1.54) is 379 Å². The molecule has 0 aromatic heterocycles. The lowest BCUT2D eigenvalue weighted by Gasteiger charge is -2.46. The van der Waals surface area contributed by atoms with Crippen LogP contribution in [0, 0.1) is 0 Å². The highest BCUT2D eigenvalue weighted by atomic mass is 16.7. The largest absolute Gasteiger partial charge is 0.394 e. The maximum absolute atomic E-state index is 13.4. The van der Waals surface area contributed by atoms with Crippen molar-refractivity contribution in [1.82, 2.24) is 5.32 Å². The Bertz CT molecular complexity index is 1820. The molecule has 103 heavy (non-hydrogen) atoms. The van der Waals surface area contributed by atoms with Gasteiger partial charge in [-0.2, -0.15) is 0 Å². The molecule has 0 saturated carbocycles. The van der Waals surface area contributed by atoms with Gasteiger partial charge in [0.1, 0.15) is 48.8 Å². The summed E-state index contributed by atoms with van der Waals surface area (Å²) in [6.07, 6.45) is 80.3. The summed E-state index contributed by atoms with van der Waals surface area (Å²) in [6, 6.07) is -0.931. The van der Waals surface area contributed by atoms with E-state index in [0.717, 1.165) is 32.1 Å². The molecule has 2 rings (SSSR count). The Balaban J connectivity index is 1.57. The van der Waals surface area contributed by atoms with Crippen molar-refractivity contribution in [3.8, 4) is 0 Å². The Morgan fingerprint density at radius 3 is 0.951 bits per heavy atom.